The molecule has 0 saturated carbocycles. The summed E-state index contributed by atoms with van der Waals surface area (Å²) in [5, 5.41) is 4.43. The van der Waals surface area contributed by atoms with Crippen molar-refractivity contribution in [2.45, 2.75) is 16.5 Å². The first-order valence-corrected chi connectivity index (χ1v) is 5.59. The quantitative estimate of drug-likeness (QED) is 0.857. The highest BCUT2D eigenvalue weighted by Gasteiger charge is 2.15. The van der Waals surface area contributed by atoms with Gasteiger partial charge in [-0.05, 0) is 30.0 Å². The monoisotopic (exact) mass is 256 g/mol. The predicted molar refractivity (Wildman–Crippen MR) is 60.9 cm³/mol. The van der Waals surface area contributed by atoms with Crippen molar-refractivity contribution >= 4 is 17.4 Å². The third kappa shape index (κ3) is 2.55. The number of halogens is 2. The van der Waals surface area contributed by atoms with Gasteiger partial charge in [-0.2, -0.15) is 5.10 Å². The molecule has 4 nitrogen and oxygen atoms in total. The summed E-state index contributed by atoms with van der Waals surface area (Å²) in [6.45, 7) is 0. The number of alkyl halides is 2. The normalized spacial score (nSPS) is 11.1. The lowest BCUT2D eigenvalue weighted by Gasteiger charge is -2.08. The van der Waals surface area contributed by atoms with Crippen LogP contribution in [0.3, 0.4) is 0 Å². The number of aryl methyl sites for hydroxylation is 1. The molecular weight excluding hydrogens is 246 g/mol. The Bertz CT molecular complexity index is 527. The average molecular weight is 256 g/mol. The van der Waals surface area contributed by atoms with Gasteiger partial charge in [0.15, 0.2) is 5.16 Å². The SMILES string of the molecule is Cn1ncnc1Sc1ccc(N)cc1C(F)F. The van der Waals surface area contributed by atoms with Gasteiger partial charge in [0, 0.05) is 23.2 Å². The number of hydrogen-bond acceptors (Lipinski definition) is 4. The first kappa shape index (κ1) is 11.8. The summed E-state index contributed by atoms with van der Waals surface area (Å²) in [7, 11) is 1.70. The Labute approximate surface area is 101 Å². The molecule has 0 fully saturated rings. The van der Waals surface area contributed by atoms with Gasteiger partial charge in [0.1, 0.15) is 6.33 Å². The fourth-order valence-corrected chi connectivity index (χ4v) is 2.18. The number of anilines is 1. The van der Waals surface area contributed by atoms with E-state index in [-0.39, 0.29) is 5.56 Å². The number of nitrogens with two attached hydrogens (primary N) is 1. The fraction of sp³-hybridized carbons (Fsp3) is 0.200. The Kier molecular flexibility index (Phi) is 3.28. The van der Waals surface area contributed by atoms with Gasteiger partial charge in [-0.3, -0.25) is 0 Å². The highest BCUT2D eigenvalue weighted by atomic mass is 32.2. The van der Waals surface area contributed by atoms with E-state index < -0.39 is 6.43 Å². The Hall–Kier alpha value is -1.63. The van der Waals surface area contributed by atoms with Gasteiger partial charge in [0.2, 0.25) is 0 Å². The zero-order valence-corrected chi connectivity index (χ0v) is 9.79. The number of rotatable bonds is 3. The van der Waals surface area contributed by atoms with Crippen LogP contribution in [0.15, 0.2) is 34.6 Å². The highest BCUT2D eigenvalue weighted by Crippen LogP contribution is 2.35. The van der Waals surface area contributed by atoms with Crippen molar-refractivity contribution in [3.8, 4) is 0 Å². The first-order valence-electron chi connectivity index (χ1n) is 4.77. The average Bonchev–Trinajstić information content (AvgIpc) is 2.67. The third-order valence-corrected chi connectivity index (χ3v) is 3.28. The molecule has 2 N–H and O–H groups in total. The van der Waals surface area contributed by atoms with Crippen molar-refractivity contribution in [2.75, 3.05) is 5.73 Å². The molecule has 1 aromatic heterocycles. The van der Waals surface area contributed by atoms with Crippen LogP contribution in [0.5, 0.6) is 0 Å². The molecule has 0 amide bonds. The molecule has 0 unspecified atom stereocenters. The molecule has 0 aliphatic rings. The van der Waals surface area contributed by atoms with Crippen LogP contribution in [0.25, 0.3) is 0 Å². The lowest BCUT2D eigenvalue weighted by Crippen LogP contribution is -1.96. The minimum absolute atomic E-state index is 0.0852. The zero-order chi connectivity index (χ0) is 12.4. The molecule has 0 bridgehead atoms. The summed E-state index contributed by atoms with van der Waals surface area (Å²) in [6.07, 6.45) is -1.18. The second-order valence-corrected chi connectivity index (χ2v) is 4.38. The Morgan fingerprint density at radius 1 is 1.41 bits per heavy atom. The highest BCUT2D eigenvalue weighted by molar-refractivity contribution is 7.99. The second-order valence-electron chi connectivity index (χ2n) is 3.37. The van der Waals surface area contributed by atoms with Crippen LogP contribution in [0.2, 0.25) is 0 Å². The minimum atomic E-state index is -2.56. The molecule has 0 spiro atoms. The number of hydrogen-bond donors (Lipinski definition) is 1. The van der Waals surface area contributed by atoms with Crippen LogP contribution in [-0.4, -0.2) is 14.8 Å². The third-order valence-electron chi connectivity index (χ3n) is 2.14. The summed E-state index contributed by atoms with van der Waals surface area (Å²) in [5.74, 6) is 0. The van der Waals surface area contributed by atoms with Crippen LogP contribution in [-0.2, 0) is 7.05 Å². The van der Waals surface area contributed by atoms with Gasteiger partial charge < -0.3 is 5.73 Å². The second kappa shape index (κ2) is 4.70. The van der Waals surface area contributed by atoms with E-state index in [1.54, 1.807) is 19.2 Å². The molecule has 0 radical (unpaired) electrons. The number of aromatic nitrogens is 3. The Morgan fingerprint density at radius 2 is 2.18 bits per heavy atom. The molecule has 7 heteroatoms. The summed E-state index contributed by atoms with van der Waals surface area (Å²) < 4.78 is 27.2. The molecule has 90 valence electrons. The smallest absolute Gasteiger partial charge is 0.265 e. The van der Waals surface area contributed by atoms with E-state index in [9.17, 15) is 8.78 Å². The maximum absolute atomic E-state index is 12.8. The molecule has 2 aromatic rings. The van der Waals surface area contributed by atoms with Gasteiger partial charge in [-0.25, -0.2) is 18.4 Å². The molecule has 0 aliphatic heterocycles. The van der Waals surface area contributed by atoms with Gasteiger partial charge >= 0.3 is 0 Å². The van der Waals surface area contributed by atoms with Crippen molar-refractivity contribution in [3.63, 3.8) is 0 Å². The van der Waals surface area contributed by atoms with Gasteiger partial charge in [0.25, 0.3) is 6.43 Å². The van der Waals surface area contributed by atoms with Crippen LogP contribution in [0, 0.1) is 0 Å². The molecule has 1 aromatic carbocycles. The number of nitrogens with zero attached hydrogens (tertiary/aromatic N) is 3. The summed E-state index contributed by atoms with van der Waals surface area (Å²) in [6, 6.07) is 4.43. The molecule has 0 saturated heterocycles. The van der Waals surface area contributed by atoms with E-state index in [0.717, 1.165) is 11.8 Å². The van der Waals surface area contributed by atoms with Crippen LogP contribution < -0.4 is 5.73 Å². The lowest BCUT2D eigenvalue weighted by molar-refractivity contribution is 0.148. The van der Waals surface area contributed by atoms with Gasteiger partial charge in [-0.1, -0.05) is 0 Å². The van der Waals surface area contributed by atoms with E-state index in [2.05, 4.69) is 10.1 Å². The topological polar surface area (TPSA) is 56.7 Å². The summed E-state index contributed by atoms with van der Waals surface area (Å²) in [4.78, 5) is 4.41. The van der Waals surface area contributed by atoms with E-state index in [1.165, 1.54) is 17.1 Å². The standard InChI is InChI=1S/C10H10F2N4S/c1-16-10(14-5-15-16)17-8-3-2-6(13)4-7(8)9(11)12/h2-5,9H,13H2,1H3. The van der Waals surface area contributed by atoms with Crippen LogP contribution >= 0.6 is 11.8 Å². The van der Waals surface area contributed by atoms with Crippen molar-refractivity contribution in [1.29, 1.82) is 0 Å². The molecule has 17 heavy (non-hydrogen) atoms. The van der Waals surface area contributed by atoms with Crippen molar-refractivity contribution in [3.05, 3.63) is 30.1 Å². The largest absolute Gasteiger partial charge is 0.399 e. The molecule has 0 atom stereocenters. The number of benzene rings is 1. The Balaban J connectivity index is 2.36. The molecule has 0 aliphatic carbocycles. The summed E-state index contributed by atoms with van der Waals surface area (Å²) in [5.41, 5.74) is 5.73. The zero-order valence-electron chi connectivity index (χ0n) is 8.97. The van der Waals surface area contributed by atoms with E-state index >= 15 is 0 Å². The van der Waals surface area contributed by atoms with Crippen LogP contribution in [0.4, 0.5) is 14.5 Å². The number of nitrogen functional groups attached to an aromatic ring is 1. The van der Waals surface area contributed by atoms with Crippen LogP contribution in [0.1, 0.15) is 12.0 Å². The van der Waals surface area contributed by atoms with Crippen molar-refractivity contribution in [1.82, 2.24) is 14.8 Å². The van der Waals surface area contributed by atoms with Crippen molar-refractivity contribution in [2.24, 2.45) is 7.05 Å². The molecule has 1 heterocycles. The molecular formula is C10H10F2N4S. The maximum atomic E-state index is 12.8. The van der Waals surface area contributed by atoms with Gasteiger partial charge in [0.05, 0.1) is 0 Å². The maximum Gasteiger partial charge on any atom is 0.265 e. The fourth-order valence-electron chi connectivity index (χ4n) is 1.31. The van der Waals surface area contributed by atoms with Crippen molar-refractivity contribution < 1.29 is 8.78 Å². The Morgan fingerprint density at radius 3 is 2.76 bits per heavy atom. The summed E-state index contributed by atoms with van der Waals surface area (Å²) >= 11 is 1.14. The minimum Gasteiger partial charge on any atom is -0.399 e. The van der Waals surface area contributed by atoms with E-state index in [4.69, 9.17) is 5.73 Å². The predicted octanol–water partition coefficient (Wildman–Crippen LogP) is 2.49. The van der Waals surface area contributed by atoms with E-state index in [0.29, 0.717) is 15.7 Å². The molecule has 2 rings (SSSR count). The lowest BCUT2D eigenvalue weighted by atomic mass is 10.2. The van der Waals surface area contributed by atoms with Gasteiger partial charge in [-0.15, -0.1) is 0 Å². The van der Waals surface area contributed by atoms with E-state index in [1.807, 2.05) is 0 Å². The first-order chi connectivity index (χ1) is 8.08.